The number of phenolic OH excluding ortho intramolecular Hbond substituents is 1. The van der Waals surface area contributed by atoms with E-state index in [0.29, 0.717) is 42.9 Å². The standard InChI is InChI=1S/C33H32FN5O5S/c1-44-22-10-8-20(9-11-22)36-12-14-37(15-13-36)28-17-27-24(16-26(28)34)31(42)25(18-38(27)21-6-7-21)32(43)35-39-30(41)19-45-33(39)23-4-2-3-5-29(23)40/h2-5,8-11,16-18,21,33,40H,6-7,12-15,19H2,1H3,(H,35,43). The van der Waals surface area contributed by atoms with Crippen LogP contribution in [-0.4, -0.2) is 65.5 Å². The third-order valence-corrected chi connectivity index (χ3v) is 9.83. The number of carbonyl (C=O) groups excluding carboxylic acids is 2. The lowest BCUT2D eigenvalue weighted by molar-refractivity contribution is -0.130. The molecule has 0 radical (unpaired) electrons. The maximum atomic E-state index is 15.7. The van der Waals surface area contributed by atoms with Crippen molar-refractivity contribution in [3.63, 3.8) is 0 Å². The van der Waals surface area contributed by atoms with Crippen LogP contribution in [0.2, 0.25) is 0 Å². The second-order valence-corrected chi connectivity index (χ2v) is 12.5. The van der Waals surface area contributed by atoms with Gasteiger partial charge in [-0.3, -0.25) is 19.8 Å². The Morgan fingerprint density at radius 1 is 1.00 bits per heavy atom. The number of anilines is 2. The van der Waals surface area contributed by atoms with Gasteiger partial charge in [0.2, 0.25) is 5.43 Å². The molecule has 7 rings (SSSR count). The van der Waals surface area contributed by atoms with Gasteiger partial charge in [-0.2, -0.15) is 0 Å². The predicted octanol–water partition coefficient (Wildman–Crippen LogP) is 4.44. The number of phenols is 1. The van der Waals surface area contributed by atoms with Crippen LogP contribution in [0.3, 0.4) is 0 Å². The molecular formula is C33H32FN5O5S. The molecule has 2 aliphatic heterocycles. The molecule has 1 atom stereocenters. The van der Waals surface area contributed by atoms with Gasteiger partial charge in [0.05, 0.1) is 24.1 Å². The molecule has 3 aliphatic rings. The molecule has 4 aromatic rings. The first-order valence-electron chi connectivity index (χ1n) is 14.9. The van der Waals surface area contributed by atoms with Gasteiger partial charge >= 0.3 is 0 Å². The Morgan fingerprint density at radius 2 is 1.71 bits per heavy atom. The molecule has 0 bridgehead atoms. The van der Waals surface area contributed by atoms with Crippen molar-refractivity contribution in [3.8, 4) is 11.5 Å². The smallest absolute Gasteiger partial charge is 0.275 e. The maximum absolute atomic E-state index is 15.7. The maximum Gasteiger partial charge on any atom is 0.275 e. The number of benzene rings is 3. The van der Waals surface area contributed by atoms with Crippen molar-refractivity contribution in [2.45, 2.75) is 24.3 Å². The summed E-state index contributed by atoms with van der Waals surface area (Å²) in [4.78, 5) is 44.2. The van der Waals surface area contributed by atoms with Crippen LogP contribution in [0.4, 0.5) is 15.8 Å². The molecule has 2 saturated heterocycles. The van der Waals surface area contributed by atoms with Gasteiger partial charge < -0.3 is 24.2 Å². The summed E-state index contributed by atoms with van der Waals surface area (Å²) >= 11 is 1.26. The van der Waals surface area contributed by atoms with Crippen LogP contribution >= 0.6 is 11.8 Å². The van der Waals surface area contributed by atoms with Crippen molar-refractivity contribution in [2.75, 3.05) is 48.8 Å². The number of carbonyl (C=O) groups is 2. The average molecular weight is 630 g/mol. The largest absolute Gasteiger partial charge is 0.508 e. The fourth-order valence-corrected chi connectivity index (χ4v) is 7.19. The lowest BCUT2D eigenvalue weighted by atomic mass is 10.1. The van der Waals surface area contributed by atoms with E-state index in [-0.39, 0.29) is 34.4 Å². The van der Waals surface area contributed by atoms with Gasteiger partial charge in [0, 0.05) is 55.1 Å². The van der Waals surface area contributed by atoms with Crippen LogP contribution in [0.5, 0.6) is 11.5 Å². The number of para-hydroxylation sites is 1. The third kappa shape index (κ3) is 5.43. The fraction of sp³-hybridized carbons (Fsp3) is 0.303. The first-order valence-corrected chi connectivity index (χ1v) is 15.9. The Kier molecular flexibility index (Phi) is 7.52. The zero-order chi connectivity index (χ0) is 31.2. The molecule has 2 amide bonds. The van der Waals surface area contributed by atoms with Crippen molar-refractivity contribution >= 4 is 45.9 Å². The highest BCUT2D eigenvalue weighted by Gasteiger charge is 2.37. The number of aromatic nitrogens is 1. The number of amides is 2. The number of nitrogens with zero attached hydrogens (tertiary/aromatic N) is 4. The van der Waals surface area contributed by atoms with Crippen LogP contribution in [-0.2, 0) is 4.79 Å². The second-order valence-electron chi connectivity index (χ2n) is 11.4. The summed E-state index contributed by atoms with van der Waals surface area (Å²) in [5, 5.41) is 11.0. The fourth-order valence-electron chi connectivity index (χ4n) is 6.06. The normalized spacial score (nSPS) is 18.5. The topological polar surface area (TPSA) is 107 Å². The molecule has 10 nitrogen and oxygen atoms in total. The first-order chi connectivity index (χ1) is 21.8. The number of nitrogens with one attached hydrogen (secondary N) is 1. The van der Waals surface area contributed by atoms with Crippen molar-refractivity contribution in [1.29, 1.82) is 0 Å². The van der Waals surface area contributed by atoms with Gasteiger partial charge in [-0.05, 0) is 55.3 Å². The summed E-state index contributed by atoms with van der Waals surface area (Å²) in [5.74, 6) is -0.745. The van der Waals surface area contributed by atoms with Crippen LogP contribution in [0.15, 0.2) is 71.7 Å². The highest BCUT2D eigenvalue weighted by molar-refractivity contribution is 8.00. The lowest BCUT2D eigenvalue weighted by Gasteiger charge is -2.37. The molecule has 3 aromatic carbocycles. The Morgan fingerprint density at radius 3 is 2.40 bits per heavy atom. The highest BCUT2D eigenvalue weighted by Crippen LogP contribution is 2.41. The van der Waals surface area contributed by atoms with Crippen molar-refractivity contribution in [3.05, 3.63) is 94.0 Å². The van der Waals surface area contributed by atoms with E-state index in [2.05, 4.69) is 10.3 Å². The number of halogens is 1. The molecule has 45 heavy (non-hydrogen) atoms. The van der Waals surface area contributed by atoms with Gasteiger partial charge in [0.1, 0.15) is 28.3 Å². The summed E-state index contributed by atoms with van der Waals surface area (Å²) in [7, 11) is 1.63. The molecule has 3 heterocycles. The van der Waals surface area contributed by atoms with Crippen LogP contribution in [0.1, 0.15) is 40.2 Å². The SMILES string of the molecule is COc1ccc(N2CCN(c3cc4c(cc3F)c(=O)c(C(=O)NN3C(=O)CSC3c3ccccc3O)cn4C3CC3)CC2)cc1. The van der Waals surface area contributed by atoms with Crippen molar-refractivity contribution in [1.82, 2.24) is 15.0 Å². The minimum atomic E-state index is -0.758. The molecule has 0 spiro atoms. The Labute approximate surface area is 262 Å². The molecule has 1 unspecified atom stereocenters. The molecule has 12 heteroatoms. The Hall–Kier alpha value is -4.71. The quantitative estimate of drug-likeness (QED) is 0.309. The number of thioether (sulfide) groups is 1. The summed E-state index contributed by atoms with van der Waals surface area (Å²) < 4.78 is 22.9. The van der Waals surface area contributed by atoms with E-state index in [4.69, 9.17) is 4.74 Å². The Balaban J connectivity index is 1.16. The second kappa shape index (κ2) is 11.7. The summed E-state index contributed by atoms with van der Waals surface area (Å²) in [6.07, 6.45) is 3.29. The zero-order valence-electron chi connectivity index (χ0n) is 24.6. The average Bonchev–Trinajstić information content (AvgIpc) is 3.85. The minimum Gasteiger partial charge on any atom is -0.508 e. The van der Waals surface area contributed by atoms with E-state index in [1.54, 1.807) is 31.4 Å². The minimum absolute atomic E-state index is 0.000770. The number of hydrazine groups is 1. The molecule has 1 aromatic heterocycles. The van der Waals surface area contributed by atoms with Gasteiger partial charge in [-0.15, -0.1) is 11.8 Å². The van der Waals surface area contributed by atoms with E-state index in [1.807, 2.05) is 33.7 Å². The van der Waals surface area contributed by atoms with Crippen LogP contribution in [0, 0.1) is 5.82 Å². The van der Waals surface area contributed by atoms with Crippen molar-refractivity contribution in [2.24, 2.45) is 0 Å². The van der Waals surface area contributed by atoms with E-state index in [1.165, 1.54) is 30.1 Å². The number of ether oxygens (including phenoxy) is 1. The van der Waals surface area contributed by atoms with Crippen molar-refractivity contribution < 1.29 is 23.8 Å². The van der Waals surface area contributed by atoms with E-state index >= 15 is 4.39 Å². The molecular weight excluding hydrogens is 597 g/mol. The monoisotopic (exact) mass is 629 g/mol. The third-order valence-electron chi connectivity index (χ3n) is 8.64. The van der Waals surface area contributed by atoms with E-state index < -0.39 is 22.5 Å². The van der Waals surface area contributed by atoms with Crippen LogP contribution in [0.25, 0.3) is 10.9 Å². The number of methoxy groups -OCH3 is 1. The van der Waals surface area contributed by atoms with Gasteiger partial charge in [-0.25, -0.2) is 9.40 Å². The summed E-state index contributed by atoms with van der Waals surface area (Å²) in [6.45, 7) is 2.60. The van der Waals surface area contributed by atoms with Gasteiger partial charge in [0.15, 0.2) is 0 Å². The summed E-state index contributed by atoms with van der Waals surface area (Å²) in [6, 6.07) is 17.5. The number of fused-ring (bicyclic) bond motifs is 1. The number of aromatic hydroxyl groups is 1. The number of hydrogen-bond acceptors (Lipinski definition) is 8. The summed E-state index contributed by atoms with van der Waals surface area (Å²) in [5.41, 5.74) is 4.37. The zero-order valence-corrected chi connectivity index (χ0v) is 25.4. The number of rotatable bonds is 7. The molecule has 1 saturated carbocycles. The predicted molar refractivity (Wildman–Crippen MR) is 171 cm³/mol. The molecule has 2 N–H and O–H groups in total. The Bertz CT molecular complexity index is 1850. The highest BCUT2D eigenvalue weighted by atomic mass is 32.2. The number of pyridine rings is 1. The van der Waals surface area contributed by atoms with Crippen LogP contribution < -0.4 is 25.4 Å². The van der Waals surface area contributed by atoms with Gasteiger partial charge in [0.25, 0.3) is 11.8 Å². The molecule has 3 fully saturated rings. The lowest BCUT2D eigenvalue weighted by Crippen LogP contribution is -2.47. The van der Waals surface area contributed by atoms with E-state index in [9.17, 15) is 19.5 Å². The molecule has 232 valence electrons. The number of piperazine rings is 1. The van der Waals surface area contributed by atoms with E-state index in [0.717, 1.165) is 29.3 Å². The molecule has 1 aliphatic carbocycles. The first kappa shape index (κ1) is 29.0. The van der Waals surface area contributed by atoms with Gasteiger partial charge in [-0.1, -0.05) is 18.2 Å². The number of hydrogen-bond donors (Lipinski definition) is 2.